The van der Waals surface area contributed by atoms with Crippen LogP contribution >= 0.6 is 0 Å². The van der Waals surface area contributed by atoms with Gasteiger partial charge in [-0.3, -0.25) is 0 Å². The van der Waals surface area contributed by atoms with Crippen LogP contribution in [0.25, 0.3) is 0 Å². The minimum absolute atomic E-state index is 0.284. The number of carbonyl (C=O) groups is 1. The number of aromatic nitrogens is 1. The second-order valence-corrected chi connectivity index (χ2v) is 3.68. The van der Waals surface area contributed by atoms with Crippen molar-refractivity contribution < 1.29 is 9.53 Å². The molecule has 0 aliphatic carbocycles. The number of methoxy groups -OCH3 is 1. The van der Waals surface area contributed by atoms with E-state index < -0.39 is 5.97 Å². The number of rotatable bonds is 5. The quantitative estimate of drug-likeness (QED) is 0.789. The number of anilines is 2. The van der Waals surface area contributed by atoms with Gasteiger partial charge < -0.3 is 15.4 Å². The fourth-order valence-corrected chi connectivity index (χ4v) is 1.61. The van der Waals surface area contributed by atoms with Crippen molar-refractivity contribution in [3.8, 4) is 0 Å². The Bertz CT molecular complexity index is 393. The van der Waals surface area contributed by atoms with E-state index in [2.05, 4.69) is 16.6 Å². The molecule has 0 unspecified atom stereocenters. The number of nitrogens with zero attached hydrogens (tertiary/aromatic N) is 2. The standard InChI is InChI=1S/C12H19N3O2/c1-4-8-15(5-2)11-9(13)6-7-10(14-11)12(16)17-3/h6-7H,4-5,8,13H2,1-3H3. The topological polar surface area (TPSA) is 68.5 Å². The van der Waals surface area contributed by atoms with E-state index in [0.29, 0.717) is 11.5 Å². The van der Waals surface area contributed by atoms with Gasteiger partial charge in [0.05, 0.1) is 12.8 Å². The third kappa shape index (κ3) is 3.09. The minimum Gasteiger partial charge on any atom is -0.464 e. The lowest BCUT2D eigenvalue weighted by Gasteiger charge is -2.22. The van der Waals surface area contributed by atoms with Crippen LogP contribution in [-0.2, 0) is 4.74 Å². The second-order valence-electron chi connectivity index (χ2n) is 3.68. The van der Waals surface area contributed by atoms with Crippen LogP contribution in [0.1, 0.15) is 30.8 Å². The largest absolute Gasteiger partial charge is 0.464 e. The summed E-state index contributed by atoms with van der Waals surface area (Å²) < 4.78 is 4.64. The van der Waals surface area contributed by atoms with Gasteiger partial charge in [-0.25, -0.2) is 9.78 Å². The summed E-state index contributed by atoms with van der Waals surface area (Å²) in [6.45, 7) is 5.78. The maximum absolute atomic E-state index is 11.4. The van der Waals surface area contributed by atoms with Crippen LogP contribution in [0, 0.1) is 0 Å². The number of nitrogens with two attached hydrogens (primary N) is 1. The molecular weight excluding hydrogens is 218 g/mol. The Hall–Kier alpha value is -1.78. The molecule has 0 saturated carbocycles. The first-order valence-electron chi connectivity index (χ1n) is 5.73. The molecule has 17 heavy (non-hydrogen) atoms. The van der Waals surface area contributed by atoms with Crippen LogP contribution in [0.3, 0.4) is 0 Å². The Morgan fingerprint density at radius 1 is 1.47 bits per heavy atom. The van der Waals surface area contributed by atoms with Gasteiger partial charge in [-0.2, -0.15) is 0 Å². The monoisotopic (exact) mass is 237 g/mol. The molecule has 0 aromatic carbocycles. The Kier molecular flexibility index (Phi) is 4.75. The van der Waals surface area contributed by atoms with E-state index in [1.165, 1.54) is 7.11 Å². The number of hydrogen-bond donors (Lipinski definition) is 1. The van der Waals surface area contributed by atoms with E-state index in [9.17, 15) is 4.79 Å². The average molecular weight is 237 g/mol. The van der Waals surface area contributed by atoms with Gasteiger partial charge in [0.2, 0.25) is 0 Å². The van der Waals surface area contributed by atoms with Crippen LogP contribution in [0.5, 0.6) is 0 Å². The van der Waals surface area contributed by atoms with E-state index in [4.69, 9.17) is 5.73 Å². The van der Waals surface area contributed by atoms with Crippen molar-refractivity contribution >= 4 is 17.5 Å². The third-order valence-electron chi connectivity index (χ3n) is 2.47. The number of pyridine rings is 1. The highest BCUT2D eigenvalue weighted by molar-refractivity contribution is 5.88. The minimum atomic E-state index is -0.446. The molecule has 0 aliphatic heterocycles. The lowest BCUT2D eigenvalue weighted by molar-refractivity contribution is 0.0594. The molecule has 1 heterocycles. The predicted octanol–water partition coefficient (Wildman–Crippen LogP) is 1.69. The van der Waals surface area contributed by atoms with Crippen molar-refractivity contribution in [2.24, 2.45) is 0 Å². The van der Waals surface area contributed by atoms with Crippen LogP contribution in [-0.4, -0.2) is 31.2 Å². The molecule has 1 aromatic heterocycles. The molecule has 0 aliphatic rings. The first kappa shape index (κ1) is 13.3. The molecule has 1 rings (SSSR count). The molecular formula is C12H19N3O2. The number of ether oxygens (including phenoxy) is 1. The molecule has 0 amide bonds. The summed E-state index contributed by atoms with van der Waals surface area (Å²) in [4.78, 5) is 17.7. The summed E-state index contributed by atoms with van der Waals surface area (Å²) >= 11 is 0. The lowest BCUT2D eigenvalue weighted by atomic mass is 10.3. The Morgan fingerprint density at radius 3 is 2.71 bits per heavy atom. The maximum atomic E-state index is 11.4. The highest BCUT2D eigenvalue weighted by Crippen LogP contribution is 2.21. The molecule has 1 aromatic rings. The van der Waals surface area contributed by atoms with Crippen LogP contribution in [0.15, 0.2) is 12.1 Å². The predicted molar refractivity (Wildman–Crippen MR) is 68.2 cm³/mol. The number of hydrogen-bond acceptors (Lipinski definition) is 5. The zero-order valence-corrected chi connectivity index (χ0v) is 10.6. The fraction of sp³-hybridized carbons (Fsp3) is 0.500. The number of nitrogen functional groups attached to an aromatic ring is 1. The van der Waals surface area contributed by atoms with Gasteiger partial charge in [0.15, 0.2) is 11.5 Å². The van der Waals surface area contributed by atoms with Gasteiger partial charge >= 0.3 is 5.97 Å². The molecule has 2 N–H and O–H groups in total. The molecule has 0 fully saturated rings. The van der Waals surface area contributed by atoms with Crippen molar-refractivity contribution in [2.75, 3.05) is 30.8 Å². The van der Waals surface area contributed by atoms with E-state index in [-0.39, 0.29) is 5.69 Å². The van der Waals surface area contributed by atoms with E-state index in [1.807, 2.05) is 11.8 Å². The van der Waals surface area contributed by atoms with Crippen molar-refractivity contribution in [1.29, 1.82) is 0 Å². The zero-order valence-electron chi connectivity index (χ0n) is 10.6. The molecule has 0 radical (unpaired) electrons. The van der Waals surface area contributed by atoms with Crippen LogP contribution in [0.2, 0.25) is 0 Å². The summed E-state index contributed by atoms with van der Waals surface area (Å²) in [5, 5.41) is 0. The molecule has 94 valence electrons. The van der Waals surface area contributed by atoms with Gasteiger partial charge in [-0.05, 0) is 25.5 Å². The Balaban J connectivity index is 3.08. The molecule has 0 saturated heterocycles. The molecule has 0 atom stereocenters. The van der Waals surface area contributed by atoms with E-state index in [1.54, 1.807) is 12.1 Å². The lowest BCUT2D eigenvalue weighted by Crippen LogP contribution is -2.26. The Morgan fingerprint density at radius 2 is 2.18 bits per heavy atom. The van der Waals surface area contributed by atoms with Crippen molar-refractivity contribution in [3.05, 3.63) is 17.8 Å². The third-order valence-corrected chi connectivity index (χ3v) is 2.47. The summed E-state index contributed by atoms with van der Waals surface area (Å²) in [6, 6.07) is 3.26. The van der Waals surface area contributed by atoms with E-state index in [0.717, 1.165) is 19.5 Å². The van der Waals surface area contributed by atoms with Crippen molar-refractivity contribution in [3.63, 3.8) is 0 Å². The number of esters is 1. The van der Waals surface area contributed by atoms with Crippen molar-refractivity contribution in [1.82, 2.24) is 4.98 Å². The highest BCUT2D eigenvalue weighted by atomic mass is 16.5. The first-order chi connectivity index (χ1) is 8.13. The fourth-order valence-electron chi connectivity index (χ4n) is 1.61. The maximum Gasteiger partial charge on any atom is 0.356 e. The SMILES string of the molecule is CCCN(CC)c1nc(C(=O)OC)ccc1N. The van der Waals surface area contributed by atoms with Gasteiger partial charge in [0, 0.05) is 13.1 Å². The van der Waals surface area contributed by atoms with Crippen molar-refractivity contribution in [2.45, 2.75) is 20.3 Å². The zero-order chi connectivity index (χ0) is 12.8. The van der Waals surface area contributed by atoms with Gasteiger partial charge in [-0.15, -0.1) is 0 Å². The Labute approximate surface area is 102 Å². The first-order valence-corrected chi connectivity index (χ1v) is 5.73. The van der Waals surface area contributed by atoms with Crippen LogP contribution < -0.4 is 10.6 Å². The second kappa shape index (κ2) is 6.08. The van der Waals surface area contributed by atoms with Gasteiger partial charge in [0.25, 0.3) is 0 Å². The highest BCUT2D eigenvalue weighted by Gasteiger charge is 2.14. The summed E-state index contributed by atoms with van der Waals surface area (Å²) in [7, 11) is 1.34. The van der Waals surface area contributed by atoms with Gasteiger partial charge in [0.1, 0.15) is 0 Å². The van der Waals surface area contributed by atoms with Gasteiger partial charge in [-0.1, -0.05) is 6.92 Å². The average Bonchev–Trinajstić information content (AvgIpc) is 2.36. The molecule has 5 heteroatoms. The molecule has 0 spiro atoms. The number of carbonyl (C=O) groups excluding carboxylic acids is 1. The van der Waals surface area contributed by atoms with E-state index >= 15 is 0 Å². The summed E-state index contributed by atoms with van der Waals surface area (Å²) in [6.07, 6.45) is 0.997. The summed E-state index contributed by atoms with van der Waals surface area (Å²) in [5.41, 5.74) is 6.74. The summed E-state index contributed by atoms with van der Waals surface area (Å²) in [5.74, 6) is 0.205. The molecule has 5 nitrogen and oxygen atoms in total. The van der Waals surface area contributed by atoms with Crippen LogP contribution in [0.4, 0.5) is 11.5 Å². The molecule has 0 bridgehead atoms. The normalized spacial score (nSPS) is 10.1. The smallest absolute Gasteiger partial charge is 0.356 e.